The van der Waals surface area contributed by atoms with Crippen molar-refractivity contribution in [1.82, 2.24) is 0 Å². The molecule has 1 amide bonds. The van der Waals surface area contributed by atoms with Crippen LogP contribution in [0.1, 0.15) is 20.7 Å². The van der Waals surface area contributed by atoms with E-state index < -0.39 is 23.4 Å². The van der Waals surface area contributed by atoms with Crippen LogP contribution in [0.3, 0.4) is 0 Å². The van der Waals surface area contributed by atoms with Crippen LogP contribution in [0.15, 0.2) is 42.5 Å². The molecule has 6 heteroatoms. The minimum Gasteiger partial charge on any atom is -0.872 e. The summed E-state index contributed by atoms with van der Waals surface area (Å²) in [5.41, 5.74) is 0.0280. The van der Waals surface area contributed by atoms with Crippen molar-refractivity contribution in [2.24, 2.45) is 0 Å². The van der Waals surface area contributed by atoms with Crippen LogP contribution in [0.4, 0.5) is 10.1 Å². The molecule has 0 bridgehead atoms. The number of carbonyl (C=O) groups excluding carboxylic acids is 1. The number of aromatic carboxylic acids is 1. The maximum Gasteiger partial charge on any atom is 0.335 e. The lowest BCUT2D eigenvalue weighted by Gasteiger charge is -2.13. The van der Waals surface area contributed by atoms with E-state index in [1.807, 2.05) is 0 Å². The van der Waals surface area contributed by atoms with E-state index in [0.29, 0.717) is 0 Å². The minimum absolute atomic E-state index is 0.175. The lowest BCUT2D eigenvalue weighted by atomic mass is 10.1. The molecule has 0 fully saturated rings. The molecular weight excluding hydrogens is 265 g/mol. The van der Waals surface area contributed by atoms with E-state index in [4.69, 9.17) is 5.11 Å². The molecular formula is C14H9FNO4-. The molecule has 2 aromatic rings. The molecule has 102 valence electrons. The summed E-state index contributed by atoms with van der Waals surface area (Å²) >= 11 is 0. The lowest BCUT2D eigenvalue weighted by molar-refractivity contribution is -0.268. The molecule has 2 N–H and O–H groups in total. The molecule has 0 heterocycles. The van der Waals surface area contributed by atoms with Crippen LogP contribution in [0.2, 0.25) is 0 Å². The summed E-state index contributed by atoms with van der Waals surface area (Å²) in [6, 6.07) is 8.33. The van der Waals surface area contributed by atoms with Crippen molar-refractivity contribution in [1.29, 1.82) is 0 Å². The minimum atomic E-state index is -1.33. The van der Waals surface area contributed by atoms with Crippen LogP contribution >= 0.6 is 0 Å². The number of anilines is 1. The van der Waals surface area contributed by atoms with Gasteiger partial charge in [-0.3, -0.25) is 4.79 Å². The largest absolute Gasteiger partial charge is 0.872 e. The zero-order valence-corrected chi connectivity index (χ0v) is 10.1. The second-order valence-corrected chi connectivity index (χ2v) is 3.98. The summed E-state index contributed by atoms with van der Waals surface area (Å²) in [5.74, 6) is -3.01. The summed E-state index contributed by atoms with van der Waals surface area (Å²) in [7, 11) is 0. The Morgan fingerprint density at radius 3 is 2.30 bits per heavy atom. The van der Waals surface area contributed by atoms with Gasteiger partial charge in [0.15, 0.2) is 0 Å². The quantitative estimate of drug-likeness (QED) is 0.893. The number of carbonyl (C=O) groups is 2. The van der Waals surface area contributed by atoms with Crippen LogP contribution in [-0.4, -0.2) is 17.0 Å². The van der Waals surface area contributed by atoms with E-state index in [9.17, 15) is 19.1 Å². The average Bonchev–Trinajstić information content (AvgIpc) is 2.39. The summed E-state index contributed by atoms with van der Waals surface area (Å²) in [5, 5.41) is 22.6. The highest BCUT2D eigenvalue weighted by Crippen LogP contribution is 2.20. The van der Waals surface area contributed by atoms with Crippen LogP contribution in [0, 0.1) is 5.82 Å². The number of carboxylic acid groups (broad SMARTS) is 1. The molecule has 0 saturated carbocycles. The first-order valence-electron chi connectivity index (χ1n) is 5.58. The maximum atomic E-state index is 12.7. The topological polar surface area (TPSA) is 89.5 Å². The van der Waals surface area contributed by atoms with Gasteiger partial charge < -0.3 is 15.5 Å². The Labute approximate surface area is 113 Å². The van der Waals surface area contributed by atoms with Gasteiger partial charge >= 0.3 is 5.97 Å². The summed E-state index contributed by atoms with van der Waals surface area (Å²) in [6.45, 7) is 0. The van der Waals surface area contributed by atoms with Gasteiger partial charge in [0.25, 0.3) is 5.91 Å². The van der Waals surface area contributed by atoms with Gasteiger partial charge in [0, 0.05) is 11.3 Å². The number of halogens is 1. The third-order valence-corrected chi connectivity index (χ3v) is 2.58. The molecule has 2 aromatic carbocycles. The standard InChI is InChI=1S/C14H10FNO4/c15-9-3-1-8(2-4-9)13(18)16-10-5-6-11(14(19)20)12(17)7-10/h1-7,17H,(H,16,18)(H,19,20)/p-1. The van der Waals surface area contributed by atoms with Crippen LogP contribution in [0.5, 0.6) is 5.75 Å². The molecule has 0 atom stereocenters. The molecule has 0 aliphatic carbocycles. The van der Waals surface area contributed by atoms with E-state index in [0.717, 1.165) is 24.3 Å². The fourth-order valence-electron chi connectivity index (χ4n) is 1.58. The van der Waals surface area contributed by atoms with Gasteiger partial charge in [0.2, 0.25) is 0 Å². The van der Waals surface area contributed by atoms with E-state index >= 15 is 0 Å². The molecule has 0 unspecified atom stereocenters. The predicted octanol–water partition coefficient (Wildman–Crippen LogP) is 1.85. The highest BCUT2D eigenvalue weighted by Gasteiger charge is 2.08. The highest BCUT2D eigenvalue weighted by molar-refractivity contribution is 6.04. The number of amides is 1. The second-order valence-electron chi connectivity index (χ2n) is 3.98. The number of benzene rings is 2. The van der Waals surface area contributed by atoms with Crippen molar-refractivity contribution < 1.29 is 24.2 Å². The molecule has 0 aliphatic heterocycles. The molecule has 2 rings (SSSR count). The van der Waals surface area contributed by atoms with E-state index in [2.05, 4.69) is 5.32 Å². The molecule has 20 heavy (non-hydrogen) atoms. The van der Waals surface area contributed by atoms with Crippen molar-refractivity contribution in [3.05, 3.63) is 59.4 Å². The molecule has 0 saturated heterocycles. The Kier molecular flexibility index (Phi) is 3.65. The molecule has 0 aromatic heterocycles. The smallest absolute Gasteiger partial charge is 0.335 e. The van der Waals surface area contributed by atoms with Crippen molar-refractivity contribution >= 4 is 17.6 Å². The Balaban J connectivity index is 2.18. The van der Waals surface area contributed by atoms with E-state index in [1.165, 1.54) is 18.2 Å². The number of hydrogen-bond acceptors (Lipinski definition) is 3. The molecule has 0 spiro atoms. The van der Waals surface area contributed by atoms with Gasteiger partial charge in [0.1, 0.15) is 5.82 Å². The third kappa shape index (κ3) is 2.92. The molecule has 5 nitrogen and oxygen atoms in total. The van der Waals surface area contributed by atoms with Gasteiger partial charge in [-0.2, -0.15) is 0 Å². The fourth-order valence-corrected chi connectivity index (χ4v) is 1.58. The lowest BCUT2D eigenvalue weighted by Crippen LogP contribution is -2.13. The molecule has 0 aliphatic rings. The van der Waals surface area contributed by atoms with Crippen LogP contribution < -0.4 is 10.4 Å². The second kappa shape index (κ2) is 5.40. The fraction of sp³-hybridized carbons (Fsp3) is 0. The summed E-state index contributed by atoms with van der Waals surface area (Å²) in [6.07, 6.45) is 0. The Morgan fingerprint density at radius 2 is 1.75 bits per heavy atom. The zero-order chi connectivity index (χ0) is 14.7. The zero-order valence-electron chi connectivity index (χ0n) is 10.1. The maximum absolute atomic E-state index is 12.7. The van der Waals surface area contributed by atoms with Gasteiger partial charge in [-0.1, -0.05) is 5.75 Å². The van der Waals surface area contributed by atoms with E-state index in [1.54, 1.807) is 0 Å². The first kappa shape index (κ1) is 13.5. The Morgan fingerprint density at radius 1 is 1.10 bits per heavy atom. The Hall–Kier alpha value is -2.89. The highest BCUT2D eigenvalue weighted by atomic mass is 19.1. The van der Waals surface area contributed by atoms with Gasteiger partial charge in [-0.25, -0.2) is 9.18 Å². The summed E-state index contributed by atoms with van der Waals surface area (Å²) < 4.78 is 12.7. The van der Waals surface area contributed by atoms with E-state index in [-0.39, 0.29) is 16.8 Å². The normalized spacial score (nSPS) is 10.1. The number of rotatable bonds is 3. The van der Waals surface area contributed by atoms with Gasteiger partial charge in [-0.05, 0) is 42.5 Å². The SMILES string of the molecule is O=C(Nc1ccc(C(=O)O)c([O-])c1)c1ccc(F)cc1. The first-order chi connectivity index (χ1) is 9.47. The van der Waals surface area contributed by atoms with Crippen molar-refractivity contribution in [2.45, 2.75) is 0 Å². The molecule has 0 radical (unpaired) electrons. The van der Waals surface area contributed by atoms with Crippen molar-refractivity contribution in [3.8, 4) is 5.75 Å². The number of hydrogen-bond donors (Lipinski definition) is 2. The average molecular weight is 274 g/mol. The number of nitrogens with one attached hydrogen (secondary N) is 1. The van der Waals surface area contributed by atoms with Crippen LogP contribution in [0.25, 0.3) is 0 Å². The van der Waals surface area contributed by atoms with Crippen molar-refractivity contribution in [2.75, 3.05) is 5.32 Å². The van der Waals surface area contributed by atoms with Gasteiger partial charge in [-0.15, -0.1) is 0 Å². The monoisotopic (exact) mass is 274 g/mol. The Bertz CT molecular complexity index is 667. The predicted molar refractivity (Wildman–Crippen MR) is 67.2 cm³/mol. The number of carboxylic acids is 1. The summed E-state index contributed by atoms with van der Waals surface area (Å²) in [4.78, 5) is 22.5. The first-order valence-corrected chi connectivity index (χ1v) is 5.58. The van der Waals surface area contributed by atoms with Gasteiger partial charge in [0.05, 0.1) is 5.56 Å². The third-order valence-electron chi connectivity index (χ3n) is 2.58. The van der Waals surface area contributed by atoms with Crippen LogP contribution in [-0.2, 0) is 0 Å². The van der Waals surface area contributed by atoms with Crippen molar-refractivity contribution in [3.63, 3.8) is 0 Å².